The zero-order chi connectivity index (χ0) is 13.4. The number of nitrogen functional groups attached to an aromatic ring is 1. The van der Waals surface area contributed by atoms with Crippen molar-refractivity contribution in [2.75, 3.05) is 12.8 Å². The molecule has 0 unspecified atom stereocenters. The number of H-pyrrole nitrogens is 1. The molecule has 2 aromatic heterocycles. The molecule has 0 saturated carbocycles. The van der Waals surface area contributed by atoms with Crippen LogP contribution in [0.25, 0.3) is 10.2 Å². The summed E-state index contributed by atoms with van der Waals surface area (Å²) in [5.74, 6) is 0.109. The first-order valence-electron chi connectivity index (χ1n) is 5.36. The van der Waals surface area contributed by atoms with Gasteiger partial charge in [0, 0.05) is 5.92 Å². The summed E-state index contributed by atoms with van der Waals surface area (Å²) in [6.07, 6.45) is 0. The molecular weight excluding hydrogens is 254 g/mol. The van der Waals surface area contributed by atoms with Crippen LogP contribution in [0.1, 0.15) is 35.3 Å². The van der Waals surface area contributed by atoms with Crippen molar-refractivity contribution in [3.8, 4) is 0 Å². The van der Waals surface area contributed by atoms with Gasteiger partial charge in [-0.15, -0.1) is 11.3 Å². The van der Waals surface area contributed by atoms with Crippen molar-refractivity contribution in [2.45, 2.75) is 19.8 Å². The number of rotatable bonds is 2. The average molecular weight is 267 g/mol. The number of esters is 1. The summed E-state index contributed by atoms with van der Waals surface area (Å²) in [6, 6.07) is 0. The van der Waals surface area contributed by atoms with Gasteiger partial charge in [0.15, 0.2) is 0 Å². The maximum atomic E-state index is 11.9. The number of carbonyl (C=O) groups excluding carboxylic acids is 1. The fourth-order valence-electron chi connectivity index (χ4n) is 1.56. The fourth-order valence-corrected chi connectivity index (χ4v) is 2.58. The minimum atomic E-state index is -0.555. The lowest BCUT2D eigenvalue weighted by atomic mass is 10.2. The number of methoxy groups -OCH3 is 1. The molecule has 6 nitrogen and oxygen atoms in total. The Hall–Kier alpha value is -1.89. The summed E-state index contributed by atoms with van der Waals surface area (Å²) in [5.41, 5.74) is 5.60. The van der Waals surface area contributed by atoms with Crippen molar-refractivity contribution in [3.63, 3.8) is 0 Å². The number of hydrogen-bond acceptors (Lipinski definition) is 6. The van der Waals surface area contributed by atoms with E-state index in [9.17, 15) is 9.59 Å². The zero-order valence-electron chi connectivity index (χ0n) is 10.2. The summed E-state index contributed by atoms with van der Waals surface area (Å²) >= 11 is 1.07. The number of aromatic amines is 1. The normalized spacial score (nSPS) is 11.1. The van der Waals surface area contributed by atoms with E-state index in [-0.39, 0.29) is 27.4 Å². The maximum absolute atomic E-state index is 11.9. The molecule has 0 aromatic carbocycles. The van der Waals surface area contributed by atoms with Crippen molar-refractivity contribution >= 4 is 33.2 Å². The second-order valence-electron chi connectivity index (χ2n) is 4.12. The predicted molar refractivity (Wildman–Crippen MR) is 70.1 cm³/mol. The molecule has 0 aliphatic heterocycles. The van der Waals surface area contributed by atoms with Crippen molar-refractivity contribution in [1.29, 1.82) is 0 Å². The van der Waals surface area contributed by atoms with Gasteiger partial charge >= 0.3 is 5.97 Å². The van der Waals surface area contributed by atoms with Crippen LogP contribution >= 0.6 is 11.3 Å². The van der Waals surface area contributed by atoms with E-state index in [1.54, 1.807) is 0 Å². The Morgan fingerprint density at radius 1 is 1.50 bits per heavy atom. The minimum absolute atomic E-state index is 0.0898. The van der Waals surface area contributed by atoms with Crippen LogP contribution < -0.4 is 11.3 Å². The van der Waals surface area contributed by atoms with Gasteiger partial charge < -0.3 is 15.5 Å². The van der Waals surface area contributed by atoms with Crippen molar-refractivity contribution in [1.82, 2.24) is 9.97 Å². The van der Waals surface area contributed by atoms with Crippen LogP contribution in [0, 0.1) is 0 Å². The van der Waals surface area contributed by atoms with Crippen LogP contribution in [0.4, 0.5) is 5.69 Å². The molecule has 0 spiro atoms. The molecule has 0 radical (unpaired) electrons. The first-order chi connectivity index (χ1) is 8.45. The van der Waals surface area contributed by atoms with E-state index < -0.39 is 5.97 Å². The number of hydrogen-bond donors (Lipinski definition) is 2. The highest BCUT2D eigenvalue weighted by Crippen LogP contribution is 2.30. The lowest BCUT2D eigenvalue weighted by Gasteiger charge is -2.02. The van der Waals surface area contributed by atoms with Gasteiger partial charge in [-0.1, -0.05) is 13.8 Å². The van der Waals surface area contributed by atoms with Gasteiger partial charge in [-0.2, -0.15) is 0 Å². The molecule has 0 fully saturated rings. The second-order valence-corrected chi connectivity index (χ2v) is 5.12. The van der Waals surface area contributed by atoms with Crippen LogP contribution in [-0.2, 0) is 4.74 Å². The summed E-state index contributed by atoms with van der Waals surface area (Å²) < 4.78 is 4.62. The Morgan fingerprint density at radius 2 is 2.17 bits per heavy atom. The standard InChI is InChI=1S/C11H13N3O3S/c1-4(2)8-13-9(15)5-6(12)7(11(16)17-3)18-10(5)14-8/h4H,12H2,1-3H3,(H,13,14,15). The van der Waals surface area contributed by atoms with Gasteiger partial charge in [0.05, 0.1) is 12.8 Å². The highest BCUT2D eigenvalue weighted by atomic mass is 32.1. The maximum Gasteiger partial charge on any atom is 0.350 e. The van der Waals surface area contributed by atoms with Gasteiger partial charge in [-0.25, -0.2) is 9.78 Å². The number of ether oxygens (including phenoxy) is 1. The van der Waals surface area contributed by atoms with Crippen molar-refractivity contribution in [2.24, 2.45) is 0 Å². The molecule has 3 N–H and O–H groups in total. The van der Waals surface area contributed by atoms with E-state index in [0.717, 1.165) is 11.3 Å². The van der Waals surface area contributed by atoms with Gasteiger partial charge in [-0.05, 0) is 0 Å². The largest absolute Gasteiger partial charge is 0.465 e. The molecule has 0 aliphatic rings. The van der Waals surface area contributed by atoms with Crippen molar-refractivity contribution in [3.05, 3.63) is 21.1 Å². The number of nitrogens with zero attached hydrogens (tertiary/aromatic N) is 1. The number of anilines is 1. The SMILES string of the molecule is COC(=O)c1sc2nc(C(C)C)[nH]c(=O)c2c1N. The Kier molecular flexibility index (Phi) is 3.08. The molecule has 0 atom stereocenters. The van der Waals surface area contributed by atoms with Crippen LogP contribution in [0.15, 0.2) is 4.79 Å². The Bertz CT molecular complexity index is 672. The number of thiophene rings is 1. The highest BCUT2D eigenvalue weighted by Gasteiger charge is 2.20. The molecule has 2 heterocycles. The van der Waals surface area contributed by atoms with Gasteiger partial charge in [0.2, 0.25) is 0 Å². The predicted octanol–water partition coefficient (Wildman–Crippen LogP) is 1.48. The fraction of sp³-hybridized carbons (Fsp3) is 0.364. The van der Waals surface area contributed by atoms with Crippen molar-refractivity contribution < 1.29 is 9.53 Å². The number of fused-ring (bicyclic) bond motifs is 1. The first-order valence-corrected chi connectivity index (χ1v) is 6.17. The Labute approximate surface area is 107 Å². The summed E-state index contributed by atoms with van der Waals surface area (Å²) in [4.78, 5) is 31.1. The molecule has 7 heteroatoms. The molecule has 0 amide bonds. The van der Waals surface area contributed by atoms with E-state index >= 15 is 0 Å². The van der Waals surface area contributed by atoms with Crippen LogP contribution in [-0.4, -0.2) is 23.0 Å². The van der Waals surface area contributed by atoms with E-state index in [2.05, 4.69) is 14.7 Å². The number of nitrogens with two attached hydrogens (primary N) is 1. The highest BCUT2D eigenvalue weighted by molar-refractivity contribution is 7.21. The summed E-state index contributed by atoms with van der Waals surface area (Å²) in [6.45, 7) is 3.84. The molecule has 0 bridgehead atoms. The average Bonchev–Trinajstić information content (AvgIpc) is 2.66. The van der Waals surface area contributed by atoms with Gasteiger partial charge in [0.25, 0.3) is 5.56 Å². The minimum Gasteiger partial charge on any atom is -0.465 e. The second kappa shape index (κ2) is 4.41. The third kappa shape index (κ3) is 1.86. The Morgan fingerprint density at radius 3 is 2.72 bits per heavy atom. The summed E-state index contributed by atoms with van der Waals surface area (Å²) in [5, 5.41) is 0.254. The monoisotopic (exact) mass is 267 g/mol. The van der Waals surface area contributed by atoms with Crippen LogP contribution in [0.2, 0.25) is 0 Å². The van der Waals surface area contributed by atoms with Crippen LogP contribution in [0.3, 0.4) is 0 Å². The third-order valence-electron chi connectivity index (χ3n) is 2.53. The van der Waals surface area contributed by atoms with Gasteiger partial charge in [0.1, 0.15) is 20.9 Å². The van der Waals surface area contributed by atoms with Crippen LogP contribution in [0.5, 0.6) is 0 Å². The molecule has 0 aliphatic carbocycles. The lowest BCUT2D eigenvalue weighted by molar-refractivity contribution is 0.0607. The number of aromatic nitrogens is 2. The molecular formula is C11H13N3O3S. The molecule has 2 rings (SSSR count). The topological polar surface area (TPSA) is 98.1 Å². The van der Waals surface area contributed by atoms with E-state index in [1.165, 1.54) is 7.11 Å². The lowest BCUT2D eigenvalue weighted by Crippen LogP contribution is -2.13. The molecule has 96 valence electrons. The van der Waals surface area contributed by atoms with E-state index in [1.807, 2.05) is 13.8 Å². The molecule has 0 saturated heterocycles. The molecule has 18 heavy (non-hydrogen) atoms. The third-order valence-corrected chi connectivity index (χ3v) is 3.61. The Balaban J connectivity index is 2.76. The van der Waals surface area contributed by atoms with E-state index in [4.69, 9.17) is 5.73 Å². The zero-order valence-corrected chi connectivity index (χ0v) is 11.1. The van der Waals surface area contributed by atoms with Gasteiger partial charge in [-0.3, -0.25) is 4.79 Å². The summed E-state index contributed by atoms with van der Waals surface area (Å²) in [7, 11) is 1.27. The quantitative estimate of drug-likeness (QED) is 0.803. The number of nitrogens with one attached hydrogen (secondary N) is 1. The van der Waals surface area contributed by atoms with E-state index in [0.29, 0.717) is 10.7 Å². The molecule has 2 aromatic rings. The number of carbonyl (C=O) groups is 1. The smallest absolute Gasteiger partial charge is 0.350 e. The first kappa shape index (κ1) is 12.6.